The van der Waals surface area contributed by atoms with Gasteiger partial charge in [-0.2, -0.15) is 0 Å². The van der Waals surface area contributed by atoms with Crippen molar-refractivity contribution < 1.29 is 14.3 Å². The van der Waals surface area contributed by atoms with Crippen LogP contribution in [0.4, 0.5) is 5.69 Å². The minimum Gasteiger partial charge on any atom is -0.452 e. The molecule has 0 radical (unpaired) electrons. The minimum atomic E-state index is -0.540. The van der Waals surface area contributed by atoms with Gasteiger partial charge in [-0.05, 0) is 49.4 Å². The van der Waals surface area contributed by atoms with E-state index < -0.39 is 5.97 Å². The Morgan fingerprint density at radius 1 is 1.03 bits per heavy atom. The molecule has 0 aliphatic carbocycles. The van der Waals surface area contributed by atoms with Crippen molar-refractivity contribution in [3.8, 4) is 0 Å². The summed E-state index contributed by atoms with van der Waals surface area (Å²) in [5.74, 6) is -0.636. The van der Waals surface area contributed by atoms with Crippen LogP contribution >= 0.6 is 0 Å². The molecule has 1 amide bonds. The van der Waals surface area contributed by atoms with Gasteiger partial charge in [-0.25, -0.2) is 4.79 Å². The first-order valence-electron chi connectivity index (χ1n) is 9.72. The predicted molar refractivity (Wildman–Crippen MR) is 115 cm³/mol. The van der Waals surface area contributed by atoms with Gasteiger partial charge in [-0.1, -0.05) is 50.2 Å². The first-order chi connectivity index (χ1) is 13.8. The third kappa shape index (κ3) is 4.29. The zero-order chi connectivity index (χ0) is 21.1. The van der Waals surface area contributed by atoms with Gasteiger partial charge in [0, 0.05) is 11.1 Å². The second-order valence-electron chi connectivity index (χ2n) is 7.53. The van der Waals surface area contributed by atoms with E-state index in [-0.39, 0.29) is 18.4 Å². The molecule has 1 N–H and O–H groups in total. The van der Waals surface area contributed by atoms with Crippen molar-refractivity contribution in [3.63, 3.8) is 0 Å². The number of nitrogens with zero attached hydrogens (tertiary/aromatic N) is 1. The van der Waals surface area contributed by atoms with Gasteiger partial charge in [0.1, 0.15) is 0 Å². The average molecular weight is 390 g/mol. The molecular formula is C24H26N2O3. The molecular weight excluding hydrogens is 364 g/mol. The van der Waals surface area contributed by atoms with Crippen molar-refractivity contribution in [2.45, 2.75) is 40.5 Å². The number of carbonyl (C=O) groups is 2. The number of esters is 1. The fourth-order valence-electron chi connectivity index (χ4n) is 3.55. The number of fused-ring (bicyclic) bond motifs is 1. The predicted octanol–water partition coefficient (Wildman–Crippen LogP) is 5.08. The van der Waals surface area contributed by atoms with Crippen LogP contribution in [0.5, 0.6) is 0 Å². The van der Waals surface area contributed by atoms with Crippen LogP contribution < -0.4 is 5.32 Å². The first kappa shape index (κ1) is 20.5. The molecule has 3 aromatic rings. The third-order valence-corrected chi connectivity index (χ3v) is 5.06. The zero-order valence-corrected chi connectivity index (χ0v) is 17.5. The Morgan fingerprint density at radius 3 is 2.48 bits per heavy atom. The molecule has 2 aromatic carbocycles. The largest absolute Gasteiger partial charge is 0.452 e. The zero-order valence-electron chi connectivity index (χ0n) is 17.5. The van der Waals surface area contributed by atoms with Crippen LogP contribution in [0.25, 0.3) is 10.9 Å². The van der Waals surface area contributed by atoms with Crippen molar-refractivity contribution in [1.82, 2.24) is 4.98 Å². The number of rotatable bonds is 5. The molecule has 0 bridgehead atoms. The van der Waals surface area contributed by atoms with E-state index in [9.17, 15) is 9.59 Å². The smallest absolute Gasteiger partial charge is 0.340 e. The number of anilines is 1. The molecule has 29 heavy (non-hydrogen) atoms. The highest BCUT2D eigenvalue weighted by Gasteiger charge is 2.19. The third-order valence-electron chi connectivity index (χ3n) is 5.06. The Hall–Kier alpha value is -3.21. The molecule has 0 atom stereocenters. The lowest BCUT2D eigenvalue weighted by molar-refractivity contribution is -0.119. The topological polar surface area (TPSA) is 68.3 Å². The molecule has 0 aliphatic rings. The monoisotopic (exact) mass is 390 g/mol. The van der Waals surface area contributed by atoms with Crippen LogP contribution in [0, 0.1) is 20.8 Å². The summed E-state index contributed by atoms with van der Waals surface area (Å²) in [5.41, 5.74) is 5.44. The summed E-state index contributed by atoms with van der Waals surface area (Å²) in [6, 6.07) is 13.6. The van der Waals surface area contributed by atoms with Crippen molar-refractivity contribution >= 4 is 28.5 Å². The number of aryl methyl sites for hydroxylation is 3. The van der Waals surface area contributed by atoms with E-state index in [1.54, 1.807) is 6.92 Å². The maximum atomic E-state index is 12.7. The van der Waals surface area contributed by atoms with Gasteiger partial charge in [-0.15, -0.1) is 0 Å². The van der Waals surface area contributed by atoms with E-state index in [1.807, 2.05) is 56.3 Å². The highest BCUT2D eigenvalue weighted by Crippen LogP contribution is 2.27. The Morgan fingerprint density at radius 2 is 1.76 bits per heavy atom. The van der Waals surface area contributed by atoms with Crippen molar-refractivity contribution in [3.05, 3.63) is 70.4 Å². The summed E-state index contributed by atoms with van der Waals surface area (Å²) in [5, 5.41) is 3.79. The maximum Gasteiger partial charge on any atom is 0.340 e. The number of ether oxygens (including phenoxy) is 1. The second-order valence-corrected chi connectivity index (χ2v) is 7.53. The van der Waals surface area contributed by atoms with E-state index in [2.05, 4.69) is 24.1 Å². The summed E-state index contributed by atoms with van der Waals surface area (Å²) < 4.78 is 5.32. The number of pyridine rings is 1. The van der Waals surface area contributed by atoms with E-state index in [0.29, 0.717) is 11.3 Å². The Balaban J connectivity index is 1.75. The van der Waals surface area contributed by atoms with Gasteiger partial charge in [-0.3, -0.25) is 9.78 Å². The summed E-state index contributed by atoms with van der Waals surface area (Å²) in [7, 11) is 0. The lowest BCUT2D eigenvalue weighted by Crippen LogP contribution is -2.23. The van der Waals surface area contributed by atoms with Gasteiger partial charge >= 0.3 is 5.97 Å². The number of nitrogens with one attached hydrogen (secondary N) is 1. The van der Waals surface area contributed by atoms with Crippen LogP contribution in [-0.4, -0.2) is 23.5 Å². The van der Waals surface area contributed by atoms with Crippen LogP contribution in [0.3, 0.4) is 0 Å². The molecule has 0 spiro atoms. The number of hydrogen-bond acceptors (Lipinski definition) is 4. The quantitative estimate of drug-likeness (QED) is 0.617. The maximum absolute atomic E-state index is 12.7. The molecule has 0 unspecified atom stereocenters. The number of aromatic nitrogens is 1. The standard InChI is InChI=1S/C24H26N2O3/c1-14(2)18-11-8-9-15(3)23(18)26-21(27)13-29-24(28)22-16(4)19-10-6-7-12-20(19)25-17(22)5/h6-12,14H,13H2,1-5H3,(H,26,27). The van der Waals surface area contributed by atoms with Crippen LogP contribution in [0.15, 0.2) is 42.5 Å². The molecule has 5 heteroatoms. The number of para-hydroxylation sites is 2. The Labute approximate surface area is 171 Å². The number of hydrogen-bond donors (Lipinski definition) is 1. The van der Waals surface area contributed by atoms with Gasteiger partial charge in [0.2, 0.25) is 0 Å². The molecule has 5 nitrogen and oxygen atoms in total. The second kappa shape index (κ2) is 8.43. The molecule has 1 aromatic heterocycles. The van der Waals surface area contributed by atoms with E-state index in [0.717, 1.165) is 33.3 Å². The Kier molecular flexibility index (Phi) is 5.97. The average Bonchev–Trinajstić information content (AvgIpc) is 2.67. The van der Waals surface area contributed by atoms with Crippen molar-refractivity contribution in [2.75, 3.05) is 11.9 Å². The molecule has 1 heterocycles. The summed E-state index contributed by atoms with van der Waals surface area (Å²) in [6.07, 6.45) is 0. The summed E-state index contributed by atoms with van der Waals surface area (Å²) >= 11 is 0. The number of carbonyl (C=O) groups excluding carboxylic acids is 2. The highest BCUT2D eigenvalue weighted by atomic mass is 16.5. The Bertz CT molecular complexity index is 1090. The normalized spacial score (nSPS) is 11.0. The summed E-state index contributed by atoms with van der Waals surface area (Å²) in [4.78, 5) is 29.6. The fraction of sp³-hybridized carbons (Fsp3) is 0.292. The van der Waals surface area contributed by atoms with Crippen molar-refractivity contribution in [2.24, 2.45) is 0 Å². The van der Waals surface area contributed by atoms with E-state index in [1.165, 1.54) is 0 Å². The van der Waals surface area contributed by atoms with Gasteiger partial charge in [0.05, 0.1) is 16.8 Å². The van der Waals surface area contributed by atoms with Gasteiger partial charge < -0.3 is 10.1 Å². The molecule has 0 aliphatic heterocycles. The lowest BCUT2D eigenvalue weighted by atomic mass is 9.98. The minimum absolute atomic E-state index is 0.265. The highest BCUT2D eigenvalue weighted by molar-refractivity contribution is 6.00. The van der Waals surface area contributed by atoms with Crippen molar-refractivity contribution in [1.29, 1.82) is 0 Å². The van der Waals surface area contributed by atoms with Crippen LogP contribution in [-0.2, 0) is 9.53 Å². The molecule has 0 fully saturated rings. The fourth-order valence-corrected chi connectivity index (χ4v) is 3.55. The lowest BCUT2D eigenvalue weighted by Gasteiger charge is -2.17. The molecule has 150 valence electrons. The summed E-state index contributed by atoms with van der Waals surface area (Å²) in [6.45, 7) is 9.39. The van der Waals surface area contributed by atoms with E-state index >= 15 is 0 Å². The number of amides is 1. The molecule has 0 saturated heterocycles. The van der Waals surface area contributed by atoms with E-state index in [4.69, 9.17) is 4.74 Å². The molecule has 0 saturated carbocycles. The first-order valence-corrected chi connectivity index (χ1v) is 9.72. The molecule has 3 rings (SSSR count). The van der Waals surface area contributed by atoms with Crippen LogP contribution in [0.2, 0.25) is 0 Å². The number of benzene rings is 2. The van der Waals surface area contributed by atoms with Gasteiger partial charge in [0.25, 0.3) is 5.91 Å². The van der Waals surface area contributed by atoms with Gasteiger partial charge in [0.15, 0.2) is 6.61 Å². The van der Waals surface area contributed by atoms with Crippen LogP contribution in [0.1, 0.15) is 52.5 Å². The SMILES string of the molecule is Cc1cccc(C(C)C)c1NC(=O)COC(=O)c1c(C)nc2ccccc2c1C.